The SMILES string of the molecule is O=C(NC1(C(=O)O)CCOCC1)c1[nH]c2ccccc2c1Cl. The van der Waals surface area contributed by atoms with Crippen LogP contribution in [-0.4, -0.2) is 40.7 Å². The van der Waals surface area contributed by atoms with Gasteiger partial charge < -0.3 is 20.1 Å². The molecule has 0 atom stereocenters. The molecule has 3 rings (SSSR count). The van der Waals surface area contributed by atoms with Crippen LogP contribution >= 0.6 is 11.6 Å². The maximum Gasteiger partial charge on any atom is 0.329 e. The van der Waals surface area contributed by atoms with Gasteiger partial charge in [0.15, 0.2) is 0 Å². The number of rotatable bonds is 3. The van der Waals surface area contributed by atoms with Crippen molar-refractivity contribution in [2.24, 2.45) is 0 Å². The number of amides is 1. The third-order valence-corrected chi connectivity index (χ3v) is 4.37. The number of aromatic nitrogens is 1. The molecule has 0 spiro atoms. The van der Waals surface area contributed by atoms with E-state index in [2.05, 4.69) is 10.3 Å². The molecule has 1 aliphatic heterocycles. The minimum atomic E-state index is -1.31. The van der Waals surface area contributed by atoms with E-state index in [0.29, 0.717) is 18.2 Å². The monoisotopic (exact) mass is 322 g/mol. The van der Waals surface area contributed by atoms with E-state index >= 15 is 0 Å². The number of aromatic amines is 1. The molecule has 1 saturated heterocycles. The Bertz CT molecular complexity index is 734. The van der Waals surface area contributed by atoms with Gasteiger partial charge in [-0.05, 0) is 6.07 Å². The number of benzene rings is 1. The fraction of sp³-hybridized carbons (Fsp3) is 0.333. The molecule has 0 radical (unpaired) electrons. The average molecular weight is 323 g/mol. The number of ether oxygens (including phenoxy) is 1. The number of fused-ring (bicyclic) bond motifs is 1. The Labute approximate surface area is 131 Å². The summed E-state index contributed by atoms with van der Waals surface area (Å²) in [6.45, 7) is 0.597. The number of hydrogen-bond donors (Lipinski definition) is 3. The molecule has 0 aliphatic carbocycles. The van der Waals surface area contributed by atoms with Crippen molar-refractivity contribution in [1.82, 2.24) is 10.3 Å². The molecule has 1 fully saturated rings. The number of aliphatic carboxylic acids is 1. The molecular weight excluding hydrogens is 308 g/mol. The highest BCUT2D eigenvalue weighted by Gasteiger charge is 2.42. The third-order valence-electron chi connectivity index (χ3n) is 3.98. The normalized spacial score (nSPS) is 17.3. The number of carbonyl (C=O) groups is 2. The lowest BCUT2D eigenvalue weighted by Gasteiger charge is -2.33. The van der Waals surface area contributed by atoms with Crippen LogP contribution in [-0.2, 0) is 9.53 Å². The number of para-hydroxylation sites is 1. The highest BCUT2D eigenvalue weighted by atomic mass is 35.5. The van der Waals surface area contributed by atoms with Crippen LogP contribution in [0.15, 0.2) is 24.3 Å². The first-order chi connectivity index (χ1) is 10.5. The molecule has 2 heterocycles. The van der Waals surface area contributed by atoms with Crippen LogP contribution in [0.3, 0.4) is 0 Å². The molecule has 7 heteroatoms. The summed E-state index contributed by atoms with van der Waals surface area (Å²) in [5.41, 5.74) is -0.403. The molecule has 116 valence electrons. The van der Waals surface area contributed by atoms with Crippen LogP contribution in [0.2, 0.25) is 5.02 Å². The van der Waals surface area contributed by atoms with Gasteiger partial charge in [-0.2, -0.15) is 0 Å². The second kappa shape index (κ2) is 5.62. The van der Waals surface area contributed by atoms with Gasteiger partial charge in [-0.3, -0.25) is 4.79 Å². The lowest BCUT2D eigenvalue weighted by atomic mass is 9.90. The number of H-pyrrole nitrogens is 1. The molecule has 22 heavy (non-hydrogen) atoms. The number of carbonyl (C=O) groups excluding carboxylic acids is 1. The number of carboxylic acids is 1. The molecule has 1 aliphatic rings. The van der Waals surface area contributed by atoms with Gasteiger partial charge in [0.1, 0.15) is 11.2 Å². The predicted octanol–water partition coefficient (Wildman–Crippen LogP) is 2.18. The van der Waals surface area contributed by atoms with Crippen molar-refractivity contribution in [2.45, 2.75) is 18.4 Å². The molecule has 0 bridgehead atoms. The number of hydrogen-bond acceptors (Lipinski definition) is 3. The van der Waals surface area contributed by atoms with Crippen molar-refractivity contribution in [3.05, 3.63) is 35.0 Å². The van der Waals surface area contributed by atoms with Crippen molar-refractivity contribution in [2.75, 3.05) is 13.2 Å². The molecule has 1 aromatic carbocycles. The summed E-state index contributed by atoms with van der Waals surface area (Å²) in [5, 5.41) is 13.1. The lowest BCUT2D eigenvalue weighted by Crippen LogP contribution is -2.57. The average Bonchev–Trinajstić information content (AvgIpc) is 2.86. The molecule has 2 aromatic rings. The van der Waals surface area contributed by atoms with Gasteiger partial charge in [0, 0.05) is 37.0 Å². The first kappa shape index (κ1) is 14.9. The van der Waals surface area contributed by atoms with Gasteiger partial charge in [-0.25, -0.2) is 4.79 Å². The maximum atomic E-state index is 12.5. The maximum absolute atomic E-state index is 12.5. The smallest absolute Gasteiger partial charge is 0.329 e. The minimum absolute atomic E-state index is 0.176. The highest BCUT2D eigenvalue weighted by molar-refractivity contribution is 6.38. The van der Waals surface area contributed by atoms with Crippen LogP contribution in [0, 0.1) is 0 Å². The van der Waals surface area contributed by atoms with Crippen molar-refractivity contribution in [3.63, 3.8) is 0 Å². The standard InChI is InChI=1S/C15H15ClN2O4/c16-11-9-3-1-2-4-10(9)17-12(11)13(19)18-15(14(20)21)5-7-22-8-6-15/h1-4,17H,5-8H2,(H,18,19)(H,20,21). The molecule has 1 aromatic heterocycles. The highest BCUT2D eigenvalue weighted by Crippen LogP contribution is 2.28. The van der Waals surface area contributed by atoms with Gasteiger partial charge >= 0.3 is 5.97 Å². The Morgan fingerprint density at radius 3 is 2.59 bits per heavy atom. The summed E-state index contributed by atoms with van der Waals surface area (Å²) in [6, 6.07) is 7.25. The van der Waals surface area contributed by atoms with Crippen LogP contribution in [0.25, 0.3) is 10.9 Å². The minimum Gasteiger partial charge on any atom is -0.480 e. The first-order valence-electron chi connectivity index (χ1n) is 6.93. The van der Waals surface area contributed by atoms with E-state index in [4.69, 9.17) is 16.3 Å². The van der Waals surface area contributed by atoms with Gasteiger partial charge in [0.25, 0.3) is 5.91 Å². The quantitative estimate of drug-likeness (QED) is 0.807. The zero-order valence-electron chi connectivity index (χ0n) is 11.7. The van der Waals surface area contributed by atoms with E-state index in [9.17, 15) is 14.7 Å². The molecule has 6 nitrogen and oxygen atoms in total. The Morgan fingerprint density at radius 1 is 1.27 bits per heavy atom. The Kier molecular flexibility index (Phi) is 3.80. The Morgan fingerprint density at radius 2 is 1.95 bits per heavy atom. The Hall–Kier alpha value is -2.05. The largest absolute Gasteiger partial charge is 0.480 e. The van der Waals surface area contributed by atoms with E-state index in [1.54, 1.807) is 12.1 Å². The van der Waals surface area contributed by atoms with E-state index < -0.39 is 17.4 Å². The summed E-state index contributed by atoms with van der Waals surface area (Å²) in [5.74, 6) is -1.58. The second-order valence-electron chi connectivity index (χ2n) is 5.31. The summed E-state index contributed by atoms with van der Waals surface area (Å²) in [6.07, 6.45) is 0.456. The third kappa shape index (κ3) is 2.44. The topological polar surface area (TPSA) is 91.4 Å². The number of carboxylic acid groups (broad SMARTS) is 1. The predicted molar refractivity (Wildman–Crippen MR) is 81.2 cm³/mol. The number of halogens is 1. The zero-order chi connectivity index (χ0) is 15.7. The van der Waals surface area contributed by atoms with Crippen molar-refractivity contribution < 1.29 is 19.4 Å². The summed E-state index contributed by atoms with van der Waals surface area (Å²) in [4.78, 5) is 27.0. The number of nitrogens with one attached hydrogen (secondary N) is 2. The lowest BCUT2D eigenvalue weighted by molar-refractivity contribution is -0.148. The molecule has 3 N–H and O–H groups in total. The van der Waals surface area contributed by atoms with Crippen LogP contribution in [0.1, 0.15) is 23.3 Å². The van der Waals surface area contributed by atoms with Crippen LogP contribution in [0.5, 0.6) is 0 Å². The van der Waals surface area contributed by atoms with Crippen molar-refractivity contribution in [3.8, 4) is 0 Å². The fourth-order valence-electron chi connectivity index (χ4n) is 2.66. The van der Waals surface area contributed by atoms with Crippen molar-refractivity contribution in [1.29, 1.82) is 0 Å². The summed E-state index contributed by atoms with van der Waals surface area (Å²) >= 11 is 6.23. The molecular formula is C15H15ClN2O4. The second-order valence-corrected chi connectivity index (χ2v) is 5.69. The first-order valence-corrected chi connectivity index (χ1v) is 7.31. The fourth-order valence-corrected chi connectivity index (χ4v) is 2.95. The molecule has 0 unspecified atom stereocenters. The van der Waals surface area contributed by atoms with E-state index in [0.717, 1.165) is 10.9 Å². The van der Waals surface area contributed by atoms with Crippen molar-refractivity contribution >= 4 is 34.4 Å². The molecule has 0 saturated carbocycles. The Balaban J connectivity index is 1.92. The van der Waals surface area contributed by atoms with E-state index in [-0.39, 0.29) is 18.5 Å². The van der Waals surface area contributed by atoms with Gasteiger partial charge in [-0.15, -0.1) is 0 Å². The van der Waals surface area contributed by atoms with Crippen LogP contribution in [0.4, 0.5) is 0 Å². The zero-order valence-corrected chi connectivity index (χ0v) is 12.4. The van der Waals surface area contributed by atoms with Gasteiger partial charge in [0.05, 0.1) is 5.02 Å². The summed E-state index contributed by atoms with van der Waals surface area (Å²) in [7, 11) is 0. The van der Waals surface area contributed by atoms with Gasteiger partial charge in [0.2, 0.25) is 0 Å². The molecule has 1 amide bonds. The summed E-state index contributed by atoms with van der Waals surface area (Å²) < 4.78 is 5.19. The van der Waals surface area contributed by atoms with Crippen LogP contribution < -0.4 is 5.32 Å². The van der Waals surface area contributed by atoms with Gasteiger partial charge in [-0.1, -0.05) is 29.8 Å². The van der Waals surface area contributed by atoms with E-state index in [1.165, 1.54) is 0 Å². The van der Waals surface area contributed by atoms with E-state index in [1.807, 2.05) is 12.1 Å².